The van der Waals surface area contributed by atoms with E-state index in [-0.39, 0.29) is 29.4 Å². The van der Waals surface area contributed by atoms with Crippen LogP contribution in [0.4, 0.5) is 0 Å². The summed E-state index contributed by atoms with van der Waals surface area (Å²) in [7, 11) is 3.59. The first kappa shape index (κ1) is 20.0. The van der Waals surface area contributed by atoms with Gasteiger partial charge in [-0.15, -0.1) is 24.0 Å². The molecule has 0 saturated heterocycles. The Morgan fingerprint density at radius 1 is 1.48 bits per heavy atom. The number of nitrogens with zero attached hydrogens (tertiary/aromatic N) is 2. The summed E-state index contributed by atoms with van der Waals surface area (Å²) in [5.74, 6) is 0.848. The molecule has 7 heteroatoms. The normalized spacial score (nSPS) is 22.2. The second-order valence-corrected chi connectivity index (χ2v) is 6.94. The lowest BCUT2D eigenvalue weighted by atomic mass is 9.64. The number of halogens is 1. The van der Waals surface area contributed by atoms with E-state index in [0.29, 0.717) is 12.1 Å². The molecule has 2 aromatic rings. The average Bonchev–Trinajstić information content (AvgIpc) is 2.99. The van der Waals surface area contributed by atoms with Gasteiger partial charge in [-0.2, -0.15) is 0 Å². The van der Waals surface area contributed by atoms with E-state index in [0.717, 1.165) is 31.0 Å². The van der Waals surface area contributed by atoms with E-state index in [1.54, 1.807) is 13.3 Å². The summed E-state index contributed by atoms with van der Waals surface area (Å²) in [6.45, 7) is 5.28. The van der Waals surface area contributed by atoms with Gasteiger partial charge in [0, 0.05) is 49.9 Å². The molecule has 2 aromatic heterocycles. The summed E-state index contributed by atoms with van der Waals surface area (Å²) in [5.41, 5.74) is 2.33. The third-order valence-electron chi connectivity index (χ3n) is 5.22. The zero-order valence-electron chi connectivity index (χ0n) is 15.3. The molecule has 3 N–H and O–H groups in total. The van der Waals surface area contributed by atoms with Crippen molar-refractivity contribution in [3.63, 3.8) is 0 Å². The van der Waals surface area contributed by atoms with E-state index in [9.17, 15) is 0 Å². The maximum absolute atomic E-state index is 5.51. The van der Waals surface area contributed by atoms with Crippen molar-refractivity contribution in [2.24, 2.45) is 10.4 Å². The molecular formula is C18H28IN5O. The van der Waals surface area contributed by atoms with Gasteiger partial charge in [-0.05, 0) is 30.5 Å². The van der Waals surface area contributed by atoms with Crippen LogP contribution in [0, 0.1) is 5.41 Å². The molecule has 3 rings (SSSR count). The van der Waals surface area contributed by atoms with Crippen LogP contribution in [0.2, 0.25) is 0 Å². The van der Waals surface area contributed by atoms with Gasteiger partial charge in [0.05, 0.1) is 6.10 Å². The smallest absolute Gasteiger partial charge is 0.191 e. The maximum Gasteiger partial charge on any atom is 0.191 e. The van der Waals surface area contributed by atoms with Gasteiger partial charge in [0.1, 0.15) is 5.65 Å². The number of H-pyrrole nitrogens is 1. The molecule has 0 radical (unpaired) electrons. The number of hydrogen-bond acceptors (Lipinski definition) is 3. The summed E-state index contributed by atoms with van der Waals surface area (Å²) in [6, 6.07) is 4.45. The SMILES string of the molecule is CN=C(NCCc1c[nH]c2ncccc12)NC1CC(OC)C1(C)C.I. The van der Waals surface area contributed by atoms with E-state index >= 15 is 0 Å². The first-order valence-electron chi connectivity index (χ1n) is 8.47. The number of pyridine rings is 1. The van der Waals surface area contributed by atoms with E-state index in [1.807, 2.05) is 19.3 Å². The minimum absolute atomic E-state index is 0. The second-order valence-electron chi connectivity index (χ2n) is 6.94. The van der Waals surface area contributed by atoms with Crippen molar-refractivity contribution >= 4 is 41.0 Å². The molecule has 1 aliphatic rings. The summed E-state index contributed by atoms with van der Waals surface area (Å²) < 4.78 is 5.51. The van der Waals surface area contributed by atoms with Crippen molar-refractivity contribution in [3.05, 3.63) is 30.1 Å². The number of aliphatic imine (C=N–C) groups is 1. The minimum Gasteiger partial charge on any atom is -0.381 e. The zero-order chi connectivity index (χ0) is 17.2. The number of nitrogens with one attached hydrogen (secondary N) is 3. The van der Waals surface area contributed by atoms with Crippen LogP contribution in [0.3, 0.4) is 0 Å². The van der Waals surface area contributed by atoms with Crippen LogP contribution >= 0.6 is 24.0 Å². The van der Waals surface area contributed by atoms with Gasteiger partial charge in [0.2, 0.25) is 0 Å². The summed E-state index contributed by atoms with van der Waals surface area (Å²) in [4.78, 5) is 11.9. The second kappa shape index (κ2) is 8.35. The molecular weight excluding hydrogens is 429 g/mol. The molecule has 1 fully saturated rings. The average molecular weight is 457 g/mol. The molecule has 138 valence electrons. The van der Waals surface area contributed by atoms with Crippen LogP contribution in [0.5, 0.6) is 0 Å². The van der Waals surface area contributed by atoms with Crippen LogP contribution < -0.4 is 10.6 Å². The maximum atomic E-state index is 5.51. The number of guanidine groups is 1. The zero-order valence-corrected chi connectivity index (χ0v) is 17.6. The van der Waals surface area contributed by atoms with Gasteiger partial charge in [-0.3, -0.25) is 4.99 Å². The van der Waals surface area contributed by atoms with Gasteiger partial charge < -0.3 is 20.4 Å². The Kier molecular flexibility index (Phi) is 6.67. The lowest BCUT2D eigenvalue weighted by Crippen LogP contribution is -2.63. The first-order valence-corrected chi connectivity index (χ1v) is 8.47. The van der Waals surface area contributed by atoms with Gasteiger partial charge in [-0.1, -0.05) is 13.8 Å². The molecule has 0 bridgehead atoms. The lowest BCUT2D eigenvalue weighted by Gasteiger charge is -2.51. The first-order chi connectivity index (χ1) is 11.6. The third-order valence-corrected chi connectivity index (χ3v) is 5.22. The molecule has 2 atom stereocenters. The van der Waals surface area contributed by atoms with E-state index in [4.69, 9.17) is 4.74 Å². The quantitative estimate of drug-likeness (QED) is 0.367. The Labute approximate surface area is 166 Å². The molecule has 0 aliphatic heterocycles. The van der Waals surface area contributed by atoms with Gasteiger partial charge in [0.15, 0.2) is 5.96 Å². The van der Waals surface area contributed by atoms with Gasteiger partial charge >= 0.3 is 0 Å². The van der Waals surface area contributed by atoms with Crippen molar-refractivity contribution in [2.45, 2.75) is 38.8 Å². The standard InChI is InChI=1S/C18H27N5O.HI/c1-18(2)14(10-15(18)24-4)23-17(19-3)21-9-7-12-11-22-16-13(12)6-5-8-20-16;/h5-6,8,11,14-15H,7,9-10H2,1-4H3,(H,20,22)(H2,19,21,23);1H. The van der Waals surface area contributed by atoms with Crippen LogP contribution in [0.15, 0.2) is 29.5 Å². The fourth-order valence-electron chi connectivity index (χ4n) is 3.43. The third kappa shape index (κ3) is 4.08. The molecule has 0 aromatic carbocycles. The number of methoxy groups -OCH3 is 1. The highest BCUT2D eigenvalue weighted by atomic mass is 127. The van der Waals surface area contributed by atoms with E-state index in [1.165, 1.54) is 10.9 Å². The number of rotatable bonds is 5. The van der Waals surface area contributed by atoms with E-state index < -0.39 is 0 Å². The number of ether oxygens (including phenoxy) is 1. The van der Waals surface area contributed by atoms with Crippen molar-refractivity contribution in [1.82, 2.24) is 20.6 Å². The monoisotopic (exact) mass is 457 g/mol. The number of aromatic amines is 1. The number of hydrogen-bond donors (Lipinski definition) is 3. The molecule has 6 nitrogen and oxygen atoms in total. The fourth-order valence-corrected chi connectivity index (χ4v) is 3.43. The van der Waals surface area contributed by atoms with Crippen LogP contribution in [-0.4, -0.2) is 48.8 Å². The minimum atomic E-state index is 0. The van der Waals surface area contributed by atoms with Crippen molar-refractivity contribution < 1.29 is 4.74 Å². The predicted octanol–water partition coefficient (Wildman–Crippen LogP) is 2.70. The fraction of sp³-hybridized carbons (Fsp3) is 0.556. The lowest BCUT2D eigenvalue weighted by molar-refractivity contribution is -0.0922. The topological polar surface area (TPSA) is 74.3 Å². The molecule has 2 unspecified atom stereocenters. The van der Waals surface area contributed by atoms with Crippen molar-refractivity contribution in [1.29, 1.82) is 0 Å². The molecule has 25 heavy (non-hydrogen) atoms. The molecule has 0 amide bonds. The number of fused-ring (bicyclic) bond motifs is 1. The Bertz CT molecular complexity index is 727. The highest BCUT2D eigenvalue weighted by Gasteiger charge is 2.48. The Hall–Kier alpha value is -1.35. The molecule has 1 saturated carbocycles. The summed E-state index contributed by atoms with van der Waals surface area (Å²) >= 11 is 0. The molecule has 0 spiro atoms. The van der Waals surface area contributed by atoms with Crippen molar-refractivity contribution in [3.8, 4) is 0 Å². The van der Waals surface area contributed by atoms with Gasteiger partial charge in [-0.25, -0.2) is 4.98 Å². The Morgan fingerprint density at radius 3 is 2.96 bits per heavy atom. The number of aromatic nitrogens is 2. The largest absolute Gasteiger partial charge is 0.381 e. The highest BCUT2D eigenvalue weighted by molar-refractivity contribution is 14.0. The summed E-state index contributed by atoms with van der Waals surface area (Å²) in [6.07, 6.45) is 6.08. The highest BCUT2D eigenvalue weighted by Crippen LogP contribution is 2.42. The molecule has 1 aliphatic carbocycles. The van der Waals surface area contributed by atoms with E-state index in [2.05, 4.69) is 45.5 Å². The van der Waals surface area contributed by atoms with Crippen LogP contribution in [-0.2, 0) is 11.2 Å². The predicted molar refractivity (Wildman–Crippen MR) is 113 cm³/mol. The Balaban J connectivity index is 0.00000225. The molecule has 2 heterocycles. The van der Waals surface area contributed by atoms with Crippen LogP contribution in [0.1, 0.15) is 25.8 Å². The van der Waals surface area contributed by atoms with Crippen LogP contribution in [0.25, 0.3) is 11.0 Å². The van der Waals surface area contributed by atoms with Crippen molar-refractivity contribution in [2.75, 3.05) is 20.7 Å². The van der Waals surface area contributed by atoms with Gasteiger partial charge in [0.25, 0.3) is 0 Å². The Morgan fingerprint density at radius 2 is 2.28 bits per heavy atom. The summed E-state index contributed by atoms with van der Waals surface area (Å²) in [5, 5.41) is 8.11.